The summed E-state index contributed by atoms with van der Waals surface area (Å²) < 4.78 is 38.8. The first-order chi connectivity index (χ1) is 14.9. The second kappa shape index (κ2) is 9.36. The number of piperidine rings is 1. The Hall–Kier alpha value is -1.80. The third kappa shape index (κ3) is 4.70. The third-order valence-electron chi connectivity index (χ3n) is 6.25. The first-order valence-electron chi connectivity index (χ1n) is 10.6. The Kier molecular flexibility index (Phi) is 6.77. The fourth-order valence-electron chi connectivity index (χ4n) is 4.65. The van der Waals surface area contributed by atoms with Gasteiger partial charge < -0.3 is 9.47 Å². The van der Waals surface area contributed by atoms with Crippen LogP contribution < -0.4 is 9.47 Å². The van der Waals surface area contributed by atoms with Crippen molar-refractivity contribution in [2.45, 2.75) is 30.7 Å². The zero-order valence-corrected chi connectivity index (χ0v) is 19.6. The molecule has 8 heteroatoms. The summed E-state index contributed by atoms with van der Waals surface area (Å²) in [5, 5.41) is 0.279. The minimum atomic E-state index is -3.58. The smallest absolute Gasteiger partial charge is 0.244 e. The van der Waals surface area contributed by atoms with Gasteiger partial charge in [0.25, 0.3) is 0 Å². The Morgan fingerprint density at radius 2 is 1.77 bits per heavy atom. The first-order valence-corrected chi connectivity index (χ1v) is 12.4. The monoisotopic (exact) mass is 464 g/mol. The van der Waals surface area contributed by atoms with Crippen LogP contribution in [0.25, 0.3) is 0 Å². The molecule has 0 bridgehead atoms. The molecule has 1 unspecified atom stereocenters. The lowest BCUT2D eigenvalue weighted by molar-refractivity contribution is 0.167. The van der Waals surface area contributed by atoms with Crippen molar-refractivity contribution >= 4 is 21.6 Å². The number of ether oxygens (including phenoxy) is 2. The van der Waals surface area contributed by atoms with Crippen LogP contribution in [0, 0.1) is 5.92 Å². The number of hydrogen-bond acceptors (Lipinski definition) is 5. The molecule has 4 rings (SSSR count). The summed E-state index contributed by atoms with van der Waals surface area (Å²) in [5.74, 6) is 1.81. The van der Waals surface area contributed by atoms with E-state index >= 15 is 0 Å². The zero-order valence-electron chi connectivity index (χ0n) is 18.0. The lowest BCUT2D eigenvalue weighted by atomic mass is 9.95. The molecule has 1 fully saturated rings. The molecule has 0 radical (unpaired) electrons. The van der Waals surface area contributed by atoms with E-state index < -0.39 is 10.0 Å². The van der Waals surface area contributed by atoms with Gasteiger partial charge in [0.1, 0.15) is 4.90 Å². The van der Waals surface area contributed by atoms with Gasteiger partial charge in [-0.25, -0.2) is 8.42 Å². The van der Waals surface area contributed by atoms with E-state index in [9.17, 15) is 8.42 Å². The van der Waals surface area contributed by atoms with Crippen LogP contribution in [0.5, 0.6) is 11.5 Å². The molecule has 0 N–H and O–H groups in total. The molecule has 0 aromatic heterocycles. The summed E-state index contributed by atoms with van der Waals surface area (Å²) in [6.07, 6.45) is 2.84. The number of halogens is 1. The highest BCUT2D eigenvalue weighted by molar-refractivity contribution is 7.89. The highest BCUT2D eigenvalue weighted by atomic mass is 35.5. The molecule has 0 amide bonds. The van der Waals surface area contributed by atoms with E-state index in [0.29, 0.717) is 19.0 Å². The van der Waals surface area contributed by atoms with Crippen molar-refractivity contribution in [2.75, 3.05) is 40.4 Å². The predicted molar refractivity (Wildman–Crippen MR) is 121 cm³/mol. The van der Waals surface area contributed by atoms with Gasteiger partial charge in [0.05, 0.1) is 19.2 Å². The summed E-state index contributed by atoms with van der Waals surface area (Å²) >= 11 is 6.18. The Morgan fingerprint density at radius 1 is 1.06 bits per heavy atom. The van der Waals surface area contributed by atoms with Gasteiger partial charge in [-0.2, -0.15) is 4.31 Å². The first kappa shape index (κ1) is 22.4. The average molecular weight is 465 g/mol. The largest absolute Gasteiger partial charge is 0.493 e. The van der Waals surface area contributed by atoms with Crippen LogP contribution >= 0.6 is 11.6 Å². The number of sulfonamides is 1. The number of nitrogens with zero attached hydrogens (tertiary/aromatic N) is 2. The molecule has 31 heavy (non-hydrogen) atoms. The summed E-state index contributed by atoms with van der Waals surface area (Å²) in [6.45, 7) is 3.74. The fraction of sp³-hybridized carbons (Fsp3) is 0.478. The van der Waals surface area contributed by atoms with Gasteiger partial charge in [0.15, 0.2) is 11.5 Å². The predicted octanol–water partition coefficient (Wildman–Crippen LogP) is 3.82. The minimum absolute atomic E-state index is 0.199. The fourth-order valence-corrected chi connectivity index (χ4v) is 6.70. The number of benzene rings is 2. The Bertz CT molecular complexity index is 1040. The maximum absolute atomic E-state index is 13.1. The second-order valence-electron chi connectivity index (χ2n) is 8.26. The molecule has 0 spiro atoms. The summed E-state index contributed by atoms with van der Waals surface area (Å²) in [4.78, 5) is 2.62. The molecule has 2 aliphatic heterocycles. The molecule has 2 heterocycles. The van der Waals surface area contributed by atoms with E-state index in [2.05, 4.69) is 17.0 Å². The van der Waals surface area contributed by atoms with Gasteiger partial charge in [-0.05, 0) is 60.6 Å². The molecular formula is C23H29ClN2O4S. The van der Waals surface area contributed by atoms with Gasteiger partial charge in [0.2, 0.25) is 10.0 Å². The maximum Gasteiger partial charge on any atom is 0.244 e. The Balaban J connectivity index is 1.44. The van der Waals surface area contributed by atoms with Crippen molar-refractivity contribution in [3.63, 3.8) is 0 Å². The van der Waals surface area contributed by atoms with Crippen molar-refractivity contribution < 1.29 is 17.9 Å². The molecule has 6 nitrogen and oxygen atoms in total. The van der Waals surface area contributed by atoms with Gasteiger partial charge in [-0.3, -0.25) is 4.90 Å². The molecule has 1 atom stereocenters. The summed E-state index contributed by atoms with van der Waals surface area (Å²) in [5.41, 5.74) is 2.54. The molecular weight excluding hydrogens is 436 g/mol. The van der Waals surface area contributed by atoms with Crippen molar-refractivity contribution in [1.29, 1.82) is 0 Å². The standard InChI is InChI=1S/C23H29ClN2O4S/c1-29-21-12-18-9-11-25(16-19(18)13-22(21)30-2)14-17-6-5-10-26(15-17)31(27,28)23-8-4-3-7-20(23)24/h3-4,7-8,12-13,17H,5-6,9-11,14-16H2,1-2H3. The van der Waals surface area contributed by atoms with E-state index in [0.717, 1.165) is 50.4 Å². The zero-order chi connectivity index (χ0) is 22.0. The molecule has 168 valence electrons. The van der Waals surface area contributed by atoms with Crippen molar-refractivity contribution in [1.82, 2.24) is 9.21 Å². The van der Waals surface area contributed by atoms with Crippen molar-refractivity contribution in [3.8, 4) is 11.5 Å². The highest BCUT2D eigenvalue weighted by Crippen LogP contribution is 2.34. The summed E-state index contributed by atoms with van der Waals surface area (Å²) in [7, 11) is -0.268. The molecule has 2 aromatic carbocycles. The van der Waals surface area contributed by atoms with Gasteiger partial charge in [-0.1, -0.05) is 23.7 Å². The van der Waals surface area contributed by atoms with Crippen LogP contribution in [0.2, 0.25) is 5.02 Å². The van der Waals surface area contributed by atoms with E-state index in [-0.39, 0.29) is 9.92 Å². The maximum atomic E-state index is 13.1. The SMILES string of the molecule is COc1cc2c(cc1OC)CN(CC1CCCN(S(=O)(=O)c3ccccc3Cl)C1)CC2. The third-order valence-corrected chi connectivity index (χ3v) is 8.61. The number of fused-ring (bicyclic) bond motifs is 1. The quantitative estimate of drug-likeness (QED) is 0.650. The van der Waals surface area contributed by atoms with Crippen LogP contribution in [0.3, 0.4) is 0 Å². The molecule has 0 aliphatic carbocycles. The Morgan fingerprint density at radius 3 is 2.48 bits per heavy atom. The van der Waals surface area contributed by atoms with Crippen LogP contribution in [-0.2, 0) is 23.0 Å². The van der Waals surface area contributed by atoms with Crippen LogP contribution in [0.4, 0.5) is 0 Å². The van der Waals surface area contributed by atoms with Crippen molar-refractivity contribution in [2.24, 2.45) is 5.92 Å². The molecule has 0 saturated carbocycles. The van der Waals surface area contributed by atoms with Crippen LogP contribution in [-0.4, -0.2) is 58.0 Å². The average Bonchev–Trinajstić information content (AvgIpc) is 2.78. The second-order valence-corrected chi connectivity index (χ2v) is 10.6. The van der Waals surface area contributed by atoms with E-state index in [1.54, 1.807) is 42.8 Å². The Labute approximate surface area is 189 Å². The van der Waals surface area contributed by atoms with E-state index in [4.69, 9.17) is 21.1 Å². The van der Waals surface area contributed by atoms with Crippen LogP contribution in [0.15, 0.2) is 41.3 Å². The van der Waals surface area contributed by atoms with Gasteiger partial charge >= 0.3 is 0 Å². The lowest BCUT2D eigenvalue weighted by Crippen LogP contribution is -2.44. The van der Waals surface area contributed by atoms with E-state index in [1.807, 2.05) is 0 Å². The molecule has 2 aromatic rings. The number of hydrogen-bond donors (Lipinski definition) is 0. The van der Waals surface area contributed by atoms with Crippen LogP contribution in [0.1, 0.15) is 24.0 Å². The van der Waals surface area contributed by atoms with Gasteiger partial charge in [0, 0.05) is 32.7 Å². The lowest BCUT2D eigenvalue weighted by Gasteiger charge is -2.37. The van der Waals surface area contributed by atoms with Crippen molar-refractivity contribution in [3.05, 3.63) is 52.5 Å². The topological polar surface area (TPSA) is 59.1 Å². The molecule has 1 saturated heterocycles. The van der Waals surface area contributed by atoms with E-state index in [1.165, 1.54) is 11.1 Å². The number of rotatable bonds is 6. The van der Waals surface area contributed by atoms with Gasteiger partial charge in [-0.15, -0.1) is 0 Å². The molecule has 2 aliphatic rings. The normalized spacial score (nSPS) is 20.3. The minimum Gasteiger partial charge on any atom is -0.493 e. The number of methoxy groups -OCH3 is 2. The summed E-state index contributed by atoms with van der Waals surface area (Å²) in [6, 6.07) is 10.8. The highest BCUT2D eigenvalue weighted by Gasteiger charge is 2.32.